The number of ether oxygens (including phenoxy) is 7. The summed E-state index contributed by atoms with van der Waals surface area (Å²) in [6, 6.07) is 12.0. The van der Waals surface area contributed by atoms with Gasteiger partial charge in [0, 0.05) is 36.5 Å². The number of aryl methyl sites for hydroxylation is 1. The zero-order chi connectivity index (χ0) is 32.1. The standard InChI is InChI=1S/C35H35N3O9/c1-19-12-23-27(28(40)26-22(29(23)41-2)10-7-11-24(26)39)30-25(19)31-32-35(42-3,46-30)33(17-44-33)16-34(45-31,47-32)18-43-15-21-14-38(37-36-21)13-20-8-5-4-6-9-20/h4-6,8-9,12,14,31-32,40H,7,10-11,13,15-18H2,1-3H3/t31?,32?,33-,34?,35+/m0/s1. The average molecular weight is 642 g/mol. The van der Waals surface area contributed by atoms with Gasteiger partial charge < -0.3 is 38.3 Å². The normalized spacial score (nSPS) is 29.9. The lowest BCUT2D eigenvalue weighted by Gasteiger charge is -2.49. The minimum Gasteiger partial charge on any atom is -0.506 e. The Bertz CT molecular complexity index is 1940. The second-order valence-corrected chi connectivity index (χ2v) is 13.2. The molecule has 0 amide bonds. The van der Waals surface area contributed by atoms with Crippen LogP contribution in [0, 0.1) is 6.92 Å². The van der Waals surface area contributed by atoms with E-state index in [9.17, 15) is 9.90 Å². The molecule has 3 fully saturated rings. The molecule has 47 heavy (non-hydrogen) atoms. The topological polar surface area (TPSA) is 136 Å². The van der Waals surface area contributed by atoms with Crippen molar-refractivity contribution in [3.8, 4) is 17.2 Å². The average Bonchev–Trinajstić information content (AvgIpc) is 3.54. The van der Waals surface area contributed by atoms with E-state index < -0.39 is 29.4 Å². The lowest BCUT2D eigenvalue weighted by molar-refractivity contribution is -0.332. The third-order valence-corrected chi connectivity index (χ3v) is 10.3. The molecule has 1 N–H and O–H groups in total. The second kappa shape index (κ2) is 10.2. The minimum absolute atomic E-state index is 0.111. The Morgan fingerprint density at radius 3 is 2.74 bits per heavy atom. The molecular formula is C35H35N3O9. The molecule has 12 nitrogen and oxygen atoms in total. The van der Waals surface area contributed by atoms with Crippen molar-refractivity contribution >= 4 is 16.6 Å². The fourth-order valence-corrected chi connectivity index (χ4v) is 8.26. The molecule has 4 aromatic rings. The lowest BCUT2D eigenvalue weighted by Crippen LogP contribution is -2.68. The Kier molecular flexibility index (Phi) is 6.32. The van der Waals surface area contributed by atoms with Crippen molar-refractivity contribution in [2.75, 3.05) is 27.4 Å². The van der Waals surface area contributed by atoms with Crippen molar-refractivity contribution in [1.29, 1.82) is 0 Å². The number of carbonyl (C=O) groups is 1. The molecule has 5 aliphatic rings. The smallest absolute Gasteiger partial charge is 0.271 e. The van der Waals surface area contributed by atoms with Gasteiger partial charge in [0.05, 0.1) is 44.0 Å². The highest BCUT2D eigenvalue weighted by atomic mass is 16.8. The number of aromatic nitrogens is 3. The molecule has 4 aliphatic heterocycles. The van der Waals surface area contributed by atoms with Crippen molar-refractivity contribution in [1.82, 2.24) is 15.0 Å². The number of epoxide rings is 1. The summed E-state index contributed by atoms with van der Waals surface area (Å²) in [6.45, 7) is 3.27. The van der Waals surface area contributed by atoms with Gasteiger partial charge in [-0.25, -0.2) is 4.68 Å². The van der Waals surface area contributed by atoms with E-state index in [1.807, 2.05) is 49.5 Å². The zero-order valence-corrected chi connectivity index (χ0v) is 26.4. The zero-order valence-electron chi connectivity index (χ0n) is 26.4. The number of phenolic OH excluding ortho intramolecular Hbond substituents is 1. The molecule has 9 rings (SSSR count). The number of fused-ring (bicyclic) bond motifs is 7. The molecule has 1 aliphatic carbocycles. The van der Waals surface area contributed by atoms with Gasteiger partial charge in [0.15, 0.2) is 23.3 Å². The largest absolute Gasteiger partial charge is 0.506 e. The summed E-state index contributed by atoms with van der Waals surface area (Å²) in [4.78, 5) is 13.2. The van der Waals surface area contributed by atoms with Crippen LogP contribution in [0.1, 0.15) is 63.7 Å². The number of ketones is 1. The highest BCUT2D eigenvalue weighted by Crippen LogP contribution is 2.66. The van der Waals surface area contributed by atoms with Gasteiger partial charge in [0.2, 0.25) is 0 Å². The number of Topliss-reactive ketones (excluding diaryl/α,β-unsaturated/α-hetero) is 1. The summed E-state index contributed by atoms with van der Waals surface area (Å²) >= 11 is 0. The quantitative estimate of drug-likeness (QED) is 0.276. The number of aromatic hydroxyl groups is 1. The molecule has 12 heteroatoms. The lowest BCUT2D eigenvalue weighted by atomic mass is 9.78. The maximum atomic E-state index is 13.2. The first-order chi connectivity index (χ1) is 22.8. The van der Waals surface area contributed by atoms with Crippen LogP contribution in [0.5, 0.6) is 17.2 Å². The van der Waals surface area contributed by atoms with Crippen molar-refractivity contribution in [2.24, 2.45) is 0 Å². The number of hydrogen-bond donors (Lipinski definition) is 1. The maximum absolute atomic E-state index is 13.2. The summed E-state index contributed by atoms with van der Waals surface area (Å²) < 4.78 is 46.7. The van der Waals surface area contributed by atoms with Gasteiger partial charge in [0.1, 0.15) is 35.7 Å². The molecule has 5 heterocycles. The van der Waals surface area contributed by atoms with Crippen molar-refractivity contribution in [3.63, 3.8) is 0 Å². The van der Waals surface area contributed by atoms with Gasteiger partial charge in [-0.05, 0) is 37.0 Å². The number of benzene rings is 3. The van der Waals surface area contributed by atoms with Gasteiger partial charge in [-0.15, -0.1) is 5.10 Å². The summed E-state index contributed by atoms with van der Waals surface area (Å²) in [6.07, 6.45) is 2.55. The first-order valence-electron chi connectivity index (χ1n) is 16.0. The molecule has 3 aromatic carbocycles. The molecule has 3 unspecified atom stereocenters. The maximum Gasteiger partial charge on any atom is 0.271 e. The monoisotopic (exact) mass is 641 g/mol. The van der Waals surface area contributed by atoms with E-state index in [0.717, 1.165) is 22.3 Å². The van der Waals surface area contributed by atoms with Gasteiger partial charge >= 0.3 is 0 Å². The summed E-state index contributed by atoms with van der Waals surface area (Å²) in [7, 11) is 3.16. The summed E-state index contributed by atoms with van der Waals surface area (Å²) in [5.74, 6) is -1.80. The molecule has 1 aromatic heterocycles. The molecule has 0 radical (unpaired) electrons. The Morgan fingerprint density at radius 1 is 1.15 bits per heavy atom. The predicted octanol–water partition coefficient (Wildman–Crippen LogP) is 4.30. The molecule has 1 spiro atoms. The predicted molar refractivity (Wildman–Crippen MR) is 164 cm³/mol. The van der Waals surface area contributed by atoms with Crippen LogP contribution < -0.4 is 9.47 Å². The third-order valence-electron chi connectivity index (χ3n) is 10.3. The second-order valence-electron chi connectivity index (χ2n) is 13.2. The molecule has 0 saturated carbocycles. The van der Waals surface area contributed by atoms with Crippen LogP contribution in [-0.2, 0) is 43.3 Å². The van der Waals surface area contributed by atoms with E-state index in [0.29, 0.717) is 72.4 Å². The minimum atomic E-state index is -1.37. The SMILES string of the molecule is COc1c2c(c(O)c3c4c(c(C)cc13)C1OC3(COCc5cn(Cc6ccccc6)nn5)C[C@]5(CO5)[C@](OC)(O4)C1O3)C(=O)CCC2. The molecule has 2 bridgehead atoms. The van der Waals surface area contributed by atoms with Gasteiger partial charge in [-0.1, -0.05) is 35.5 Å². The number of hydrogen-bond acceptors (Lipinski definition) is 11. The summed E-state index contributed by atoms with van der Waals surface area (Å²) in [5, 5.41) is 21.4. The van der Waals surface area contributed by atoms with Crippen molar-refractivity contribution < 1.29 is 43.1 Å². The van der Waals surface area contributed by atoms with E-state index >= 15 is 0 Å². The number of rotatable bonds is 8. The Hall–Kier alpha value is -4.07. The van der Waals surface area contributed by atoms with Crippen LogP contribution in [0.4, 0.5) is 0 Å². The molecule has 5 atom stereocenters. The van der Waals surface area contributed by atoms with Gasteiger partial charge in [0.25, 0.3) is 5.79 Å². The van der Waals surface area contributed by atoms with Crippen LogP contribution in [0.3, 0.4) is 0 Å². The number of carbonyl (C=O) groups excluding carboxylic acids is 1. The number of phenols is 1. The summed E-state index contributed by atoms with van der Waals surface area (Å²) in [5.41, 5.74) is 3.54. The number of methoxy groups -OCH3 is 2. The van der Waals surface area contributed by atoms with Crippen LogP contribution in [0.2, 0.25) is 0 Å². The first-order valence-corrected chi connectivity index (χ1v) is 16.0. The van der Waals surface area contributed by atoms with Crippen LogP contribution in [-0.4, -0.2) is 76.6 Å². The van der Waals surface area contributed by atoms with E-state index in [1.165, 1.54) is 0 Å². The van der Waals surface area contributed by atoms with Crippen LogP contribution in [0.15, 0.2) is 42.6 Å². The van der Waals surface area contributed by atoms with Gasteiger partial charge in [-0.2, -0.15) is 0 Å². The Morgan fingerprint density at radius 2 is 1.98 bits per heavy atom. The third kappa shape index (κ3) is 4.08. The van der Waals surface area contributed by atoms with E-state index in [2.05, 4.69) is 10.3 Å². The number of nitrogens with zero attached hydrogens (tertiary/aromatic N) is 3. The van der Waals surface area contributed by atoms with Crippen LogP contribution in [0.25, 0.3) is 10.8 Å². The molecule has 3 saturated heterocycles. The fraction of sp³-hybridized carbons (Fsp3) is 0.457. The molecule has 244 valence electrons. The highest BCUT2D eigenvalue weighted by Gasteiger charge is 2.81. The van der Waals surface area contributed by atoms with Crippen molar-refractivity contribution in [2.45, 2.75) is 75.1 Å². The van der Waals surface area contributed by atoms with Crippen molar-refractivity contribution in [3.05, 3.63) is 76.1 Å². The Labute approximate surface area is 270 Å². The first kappa shape index (κ1) is 29.1. The van der Waals surface area contributed by atoms with Gasteiger partial charge in [-0.3, -0.25) is 4.79 Å². The highest BCUT2D eigenvalue weighted by molar-refractivity contribution is 6.11. The van der Waals surface area contributed by atoms with Crippen LogP contribution >= 0.6 is 0 Å². The fourth-order valence-electron chi connectivity index (χ4n) is 8.26. The van der Waals surface area contributed by atoms with E-state index in [4.69, 9.17) is 33.2 Å². The Balaban J connectivity index is 1.07. The molecular weight excluding hydrogens is 606 g/mol. The van der Waals surface area contributed by atoms with E-state index in [-0.39, 0.29) is 24.7 Å². The van der Waals surface area contributed by atoms with E-state index in [1.54, 1.807) is 18.9 Å².